The number of nitrogens with zero attached hydrogens (tertiary/aromatic N) is 3. The summed E-state index contributed by atoms with van der Waals surface area (Å²) in [4.78, 5) is 46.2. The second kappa shape index (κ2) is 11.0. The highest BCUT2D eigenvalue weighted by atomic mass is 16.4. The molecule has 0 atom stereocenters. The highest BCUT2D eigenvalue weighted by Crippen LogP contribution is 2.23. The van der Waals surface area contributed by atoms with Crippen LogP contribution >= 0.6 is 0 Å². The van der Waals surface area contributed by atoms with Crippen molar-refractivity contribution in [2.75, 3.05) is 17.2 Å². The molecule has 0 unspecified atom stereocenters. The van der Waals surface area contributed by atoms with E-state index < -0.39 is 11.2 Å². The maximum Gasteiger partial charge on any atom is 0.330 e. The summed E-state index contributed by atoms with van der Waals surface area (Å²) in [5, 5.41) is 0. The van der Waals surface area contributed by atoms with Crippen LogP contribution in [0.15, 0.2) is 44.5 Å². The van der Waals surface area contributed by atoms with E-state index in [1.807, 2.05) is 52.0 Å². The Kier molecular flexibility index (Phi) is 8.09. The maximum absolute atomic E-state index is 13.2. The monoisotopic (exact) mass is 467 g/mol. The third-order valence-electron chi connectivity index (χ3n) is 5.51. The molecular formula is C25H33N5O4. The van der Waals surface area contributed by atoms with Crippen LogP contribution in [0.25, 0.3) is 11.3 Å². The van der Waals surface area contributed by atoms with Crippen molar-refractivity contribution in [3.63, 3.8) is 0 Å². The number of rotatable bonds is 10. The van der Waals surface area contributed by atoms with Gasteiger partial charge in [-0.25, -0.2) is 9.78 Å². The molecule has 3 rings (SSSR count). The number of amides is 1. The average Bonchev–Trinajstić information content (AvgIpc) is 3.26. The first-order valence-corrected chi connectivity index (χ1v) is 11.7. The molecule has 1 amide bonds. The highest BCUT2D eigenvalue weighted by molar-refractivity contribution is 5.95. The molecule has 0 saturated heterocycles. The average molecular weight is 468 g/mol. The van der Waals surface area contributed by atoms with Crippen LogP contribution in [-0.2, 0) is 17.8 Å². The fourth-order valence-electron chi connectivity index (χ4n) is 3.69. The number of carbonyl (C=O) groups is 1. The van der Waals surface area contributed by atoms with E-state index in [0.29, 0.717) is 18.2 Å². The summed E-state index contributed by atoms with van der Waals surface area (Å²) in [5.41, 5.74) is 7.08. The van der Waals surface area contributed by atoms with Gasteiger partial charge in [0.05, 0.1) is 6.20 Å². The van der Waals surface area contributed by atoms with Gasteiger partial charge in [-0.2, -0.15) is 0 Å². The number of H-pyrrole nitrogens is 1. The minimum absolute atomic E-state index is 0.00832. The van der Waals surface area contributed by atoms with Crippen LogP contribution in [0.3, 0.4) is 0 Å². The third-order valence-corrected chi connectivity index (χ3v) is 5.51. The topological polar surface area (TPSA) is 127 Å². The van der Waals surface area contributed by atoms with Crippen molar-refractivity contribution in [1.82, 2.24) is 14.5 Å². The molecule has 2 aromatic heterocycles. The number of hydrogen-bond acceptors (Lipinski definition) is 6. The van der Waals surface area contributed by atoms with Crippen molar-refractivity contribution in [2.45, 2.75) is 59.9 Å². The van der Waals surface area contributed by atoms with Gasteiger partial charge in [-0.05, 0) is 19.3 Å². The number of unbranched alkanes of at least 4 members (excludes halogenated alkanes) is 1. The molecule has 0 bridgehead atoms. The van der Waals surface area contributed by atoms with Crippen molar-refractivity contribution >= 4 is 17.4 Å². The van der Waals surface area contributed by atoms with Crippen molar-refractivity contribution in [3.8, 4) is 11.3 Å². The van der Waals surface area contributed by atoms with Gasteiger partial charge in [0.1, 0.15) is 5.82 Å². The van der Waals surface area contributed by atoms with E-state index in [1.54, 1.807) is 6.20 Å². The van der Waals surface area contributed by atoms with E-state index >= 15 is 0 Å². The zero-order valence-electron chi connectivity index (χ0n) is 20.3. The fourth-order valence-corrected chi connectivity index (χ4v) is 3.69. The number of aryl methyl sites for hydroxylation is 2. The van der Waals surface area contributed by atoms with Crippen molar-refractivity contribution in [3.05, 3.63) is 62.8 Å². The lowest BCUT2D eigenvalue weighted by Crippen LogP contribution is -2.42. The quantitative estimate of drug-likeness (QED) is 0.470. The molecule has 3 aromatic rings. The molecule has 3 N–H and O–H groups in total. The molecule has 0 saturated carbocycles. The summed E-state index contributed by atoms with van der Waals surface area (Å²) in [6.45, 7) is 8.55. The number of oxazole rings is 1. The van der Waals surface area contributed by atoms with Crippen molar-refractivity contribution in [1.29, 1.82) is 0 Å². The van der Waals surface area contributed by atoms with Gasteiger partial charge in [-0.15, -0.1) is 0 Å². The Labute approximate surface area is 198 Å². The second-order valence-electron chi connectivity index (χ2n) is 8.88. The Bertz CT molecular complexity index is 1240. The first kappa shape index (κ1) is 25.0. The lowest BCUT2D eigenvalue weighted by molar-refractivity contribution is -0.118. The predicted molar refractivity (Wildman–Crippen MR) is 133 cm³/mol. The standard InChI is InChI=1S/C25H33N5O4/c1-5-6-13-29-23(26)22(24(32)28-25(29)33)30(15-16(2)3)21(31)12-11-20-27-14-19(34-20)18-9-7-17(4)8-10-18/h7-10,14,16H,5-6,11-13,15,26H2,1-4H3,(H,28,32,33). The molecule has 0 spiro atoms. The highest BCUT2D eigenvalue weighted by Gasteiger charge is 2.25. The molecule has 0 radical (unpaired) electrons. The van der Waals surface area contributed by atoms with Gasteiger partial charge >= 0.3 is 5.69 Å². The normalized spacial score (nSPS) is 11.2. The minimum Gasteiger partial charge on any atom is -0.441 e. The zero-order valence-corrected chi connectivity index (χ0v) is 20.3. The summed E-state index contributed by atoms with van der Waals surface area (Å²) in [5.74, 6) is 0.859. The number of aromatic nitrogens is 3. The third kappa shape index (κ3) is 5.84. The van der Waals surface area contributed by atoms with E-state index in [-0.39, 0.29) is 42.7 Å². The molecule has 0 fully saturated rings. The summed E-state index contributed by atoms with van der Waals surface area (Å²) >= 11 is 0. The van der Waals surface area contributed by atoms with E-state index in [1.165, 1.54) is 9.47 Å². The van der Waals surface area contributed by atoms with E-state index in [9.17, 15) is 14.4 Å². The number of nitrogens with one attached hydrogen (secondary N) is 1. The van der Waals surface area contributed by atoms with Crippen LogP contribution in [0.5, 0.6) is 0 Å². The van der Waals surface area contributed by atoms with E-state index in [0.717, 1.165) is 24.0 Å². The molecule has 0 aliphatic heterocycles. The van der Waals surface area contributed by atoms with Gasteiger partial charge in [0.15, 0.2) is 17.3 Å². The zero-order chi connectivity index (χ0) is 24.8. The molecule has 9 heteroatoms. The van der Waals surface area contributed by atoms with Crippen LogP contribution < -0.4 is 21.9 Å². The molecule has 9 nitrogen and oxygen atoms in total. The Morgan fingerprint density at radius 1 is 1.24 bits per heavy atom. The molecule has 182 valence electrons. The molecule has 34 heavy (non-hydrogen) atoms. The van der Waals surface area contributed by atoms with E-state index in [4.69, 9.17) is 10.2 Å². The van der Waals surface area contributed by atoms with Crippen LogP contribution in [0.4, 0.5) is 11.5 Å². The smallest absolute Gasteiger partial charge is 0.330 e. The lowest BCUT2D eigenvalue weighted by Gasteiger charge is -2.26. The first-order valence-electron chi connectivity index (χ1n) is 11.7. The van der Waals surface area contributed by atoms with Gasteiger partial charge in [-0.3, -0.25) is 19.1 Å². The Balaban J connectivity index is 1.83. The number of nitrogen functional groups attached to an aromatic ring is 1. The number of carbonyl (C=O) groups excluding carboxylic acids is 1. The summed E-state index contributed by atoms with van der Waals surface area (Å²) in [6, 6.07) is 7.90. The first-order chi connectivity index (χ1) is 16.2. The number of aromatic amines is 1. The van der Waals surface area contributed by atoms with Crippen molar-refractivity contribution < 1.29 is 9.21 Å². The van der Waals surface area contributed by atoms with Crippen LogP contribution in [-0.4, -0.2) is 27.0 Å². The summed E-state index contributed by atoms with van der Waals surface area (Å²) in [6.07, 6.45) is 3.57. The number of nitrogens with two attached hydrogens (primary N) is 1. The minimum atomic E-state index is -0.665. The second-order valence-corrected chi connectivity index (χ2v) is 8.88. The Morgan fingerprint density at radius 3 is 2.59 bits per heavy atom. The number of hydrogen-bond donors (Lipinski definition) is 2. The predicted octanol–water partition coefficient (Wildman–Crippen LogP) is 3.50. The summed E-state index contributed by atoms with van der Waals surface area (Å²) in [7, 11) is 0. The van der Waals surface area contributed by atoms with Gasteiger partial charge in [0, 0.05) is 31.5 Å². The Morgan fingerprint density at radius 2 is 1.94 bits per heavy atom. The Hall–Kier alpha value is -3.62. The SMILES string of the molecule is CCCCn1c(N)c(N(CC(C)C)C(=O)CCc2ncc(-c3ccc(C)cc3)o2)c(=O)[nH]c1=O. The molecule has 2 heterocycles. The molecule has 1 aromatic carbocycles. The maximum atomic E-state index is 13.2. The van der Waals surface area contributed by atoms with Crippen molar-refractivity contribution in [2.24, 2.45) is 5.92 Å². The van der Waals surface area contributed by atoms with Crippen LogP contribution in [0.2, 0.25) is 0 Å². The number of anilines is 2. The molecular weight excluding hydrogens is 434 g/mol. The van der Waals surface area contributed by atoms with Crippen LogP contribution in [0, 0.1) is 12.8 Å². The largest absolute Gasteiger partial charge is 0.441 e. The van der Waals surface area contributed by atoms with Gasteiger partial charge in [0.2, 0.25) is 5.91 Å². The summed E-state index contributed by atoms with van der Waals surface area (Å²) < 4.78 is 7.16. The molecule has 0 aliphatic carbocycles. The van der Waals surface area contributed by atoms with Gasteiger partial charge in [-0.1, -0.05) is 57.0 Å². The number of benzene rings is 1. The van der Waals surface area contributed by atoms with Gasteiger partial charge in [0.25, 0.3) is 5.56 Å². The fraction of sp³-hybridized carbons (Fsp3) is 0.440. The van der Waals surface area contributed by atoms with Crippen LogP contribution in [0.1, 0.15) is 51.5 Å². The van der Waals surface area contributed by atoms with E-state index in [2.05, 4.69) is 9.97 Å². The lowest BCUT2D eigenvalue weighted by atomic mass is 10.1. The van der Waals surface area contributed by atoms with Gasteiger partial charge < -0.3 is 15.1 Å². The molecule has 0 aliphatic rings.